The van der Waals surface area contributed by atoms with Crippen LogP contribution in [0, 0.1) is 0 Å². The molecule has 22 heavy (non-hydrogen) atoms. The summed E-state index contributed by atoms with van der Waals surface area (Å²) in [5.74, 6) is -0.397. The lowest BCUT2D eigenvalue weighted by molar-refractivity contribution is 0.0976. The highest BCUT2D eigenvalue weighted by Gasteiger charge is 2.27. The Bertz CT molecular complexity index is 832. The average Bonchev–Trinajstić information content (AvgIpc) is 3.06. The van der Waals surface area contributed by atoms with Crippen LogP contribution in [0.4, 0.5) is 0 Å². The van der Waals surface area contributed by atoms with Crippen LogP contribution in [0.3, 0.4) is 0 Å². The van der Waals surface area contributed by atoms with Crippen molar-refractivity contribution < 1.29 is 22.4 Å². The van der Waals surface area contributed by atoms with E-state index in [4.69, 9.17) is 16.3 Å². The molecule has 0 aliphatic carbocycles. The molecule has 1 aromatic carbocycles. The van der Waals surface area contributed by atoms with E-state index in [-0.39, 0.29) is 21.7 Å². The number of halogens is 1. The highest BCUT2D eigenvalue weighted by atomic mass is 35.5. The number of oxazole rings is 1. The zero-order valence-corrected chi connectivity index (χ0v) is 12.9. The van der Waals surface area contributed by atoms with E-state index in [9.17, 15) is 13.2 Å². The van der Waals surface area contributed by atoms with Gasteiger partial charge in [-0.05, 0) is 19.1 Å². The number of hydrogen-bond donors (Lipinski definition) is 1. The van der Waals surface area contributed by atoms with Crippen LogP contribution in [0.15, 0.2) is 34.1 Å². The molecule has 1 aliphatic heterocycles. The fourth-order valence-electron chi connectivity index (χ4n) is 2.17. The molecule has 0 fully saturated rings. The van der Waals surface area contributed by atoms with Crippen LogP contribution in [-0.2, 0) is 16.4 Å². The van der Waals surface area contributed by atoms with E-state index < -0.39 is 15.9 Å². The summed E-state index contributed by atoms with van der Waals surface area (Å²) in [7, 11) is -4.07. The largest absolute Gasteiger partial charge is 0.489 e. The average molecular weight is 343 g/mol. The topological polar surface area (TPSA) is 98.5 Å². The van der Waals surface area contributed by atoms with Crippen molar-refractivity contribution in [3.8, 4) is 5.75 Å². The highest BCUT2D eigenvalue weighted by molar-refractivity contribution is 7.90. The Morgan fingerprint density at radius 2 is 2.23 bits per heavy atom. The lowest BCUT2D eigenvalue weighted by Gasteiger charge is -2.09. The lowest BCUT2D eigenvalue weighted by atomic mass is 10.1. The van der Waals surface area contributed by atoms with Gasteiger partial charge in [0, 0.05) is 12.0 Å². The molecule has 116 valence electrons. The van der Waals surface area contributed by atoms with Gasteiger partial charge in [-0.2, -0.15) is 0 Å². The molecule has 3 rings (SSSR count). The number of nitrogens with one attached hydrogen (secondary N) is 1. The summed E-state index contributed by atoms with van der Waals surface area (Å²) >= 11 is 6.05. The number of carbonyl (C=O) groups is 1. The van der Waals surface area contributed by atoms with Crippen LogP contribution < -0.4 is 9.46 Å². The Morgan fingerprint density at radius 1 is 1.45 bits per heavy atom. The number of hydrogen-bond acceptors (Lipinski definition) is 6. The van der Waals surface area contributed by atoms with Crippen LogP contribution in [0.5, 0.6) is 5.75 Å². The van der Waals surface area contributed by atoms with Crippen molar-refractivity contribution in [2.45, 2.75) is 24.3 Å². The predicted octanol–water partition coefficient (Wildman–Crippen LogP) is 1.77. The maximum atomic E-state index is 12.3. The summed E-state index contributed by atoms with van der Waals surface area (Å²) in [4.78, 5) is 15.3. The van der Waals surface area contributed by atoms with Crippen LogP contribution in [-0.4, -0.2) is 25.4 Å². The van der Waals surface area contributed by atoms with Crippen LogP contribution in [0.25, 0.3) is 0 Å². The van der Waals surface area contributed by atoms with Crippen LogP contribution in [0.2, 0.25) is 5.02 Å². The zero-order valence-electron chi connectivity index (χ0n) is 11.4. The SMILES string of the molecule is C[C@@H]1Cc2cc(S(=O)(=O)NC(=O)c3cocn3)cc(Cl)c2O1. The normalized spacial score (nSPS) is 16.9. The first-order valence-electron chi connectivity index (χ1n) is 6.31. The molecule has 7 nitrogen and oxygen atoms in total. The Labute approximate surface area is 131 Å². The molecule has 1 N–H and O–H groups in total. The summed E-state index contributed by atoms with van der Waals surface area (Å²) in [6, 6.07) is 2.69. The summed E-state index contributed by atoms with van der Waals surface area (Å²) < 4.78 is 36.6. The maximum absolute atomic E-state index is 12.3. The highest BCUT2D eigenvalue weighted by Crippen LogP contribution is 2.37. The molecular formula is C13H11ClN2O5S. The van der Waals surface area contributed by atoms with Crippen molar-refractivity contribution in [3.63, 3.8) is 0 Å². The van der Waals surface area contributed by atoms with Gasteiger partial charge in [0.25, 0.3) is 15.9 Å². The molecule has 0 bridgehead atoms. The van der Waals surface area contributed by atoms with Gasteiger partial charge in [0.1, 0.15) is 18.1 Å². The molecule has 0 radical (unpaired) electrons. The third-order valence-corrected chi connectivity index (χ3v) is 4.71. The van der Waals surface area contributed by atoms with Gasteiger partial charge in [0.05, 0.1) is 9.92 Å². The first-order chi connectivity index (χ1) is 10.4. The lowest BCUT2D eigenvalue weighted by Crippen LogP contribution is -2.30. The molecule has 0 saturated carbocycles. The predicted molar refractivity (Wildman–Crippen MR) is 76.4 cm³/mol. The van der Waals surface area contributed by atoms with E-state index in [1.54, 1.807) is 0 Å². The van der Waals surface area contributed by atoms with Crippen molar-refractivity contribution in [1.82, 2.24) is 9.71 Å². The van der Waals surface area contributed by atoms with Gasteiger partial charge in [0.2, 0.25) is 0 Å². The third kappa shape index (κ3) is 2.67. The summed E-state index contributed by atoms with van der Waals surface area (Å²) in [6.07, 6.45) is 2.56. The second-order valence-corrected chi connectivity index (χ2v) is 6.92. The standard InChI is InChI=1S/C13H11ClN2O5S/c1-7-2-8-3-9(4-10(14)12(8)21-7)22(18,19)16-13(17)11-5-20-6-15-11/h3-7H,2H2,1H3,(H,16,17)/t7-/m1/s1. The van der Waals surface area contributed by atoms with Crippen molar-refractivity contribution in [1.29, 1.82) is 0 Å². The summed E-state index contributed by atoms with van der Waals surface area (Å²) in [5.41, 5.74) is 0.557. The minimum atomic E-state index is -4.07. The fraction of sp³-hybridized carbons (Fsp3) is 0.231. The molecule has 0 saturated heterocycles. The summed E-state index contributed by atoms with van der Waals surface area (Å²) in [5, 5.41) is 0.191. The van der Waals surface area contributed by atoms with Crippen molar-refractivity contribution in [2.24, 2.45) is 0 Å². The fourth-order valence-corrected chi connectivity index (χ4v) is 3.56. The van der Waals surface area contributed by atoms with E-state index in [0.717, 1.165) is 12.7 Å². The molecule has 2 heterocycles. The molecular weight excluding hydrogens is 332 g/mol. The van der Waals surface area contributed by atoms with Gasteiger partial charge < -0.3 is 9.15 Å². The number of amides is 1. The number of benzene rings is 1. The smallest absolute Gasteiger partial charge is 0.286 e. The van der Waals surface area contributed by atoms with Gasteiger partial charge in [0.15, 0.2) is 12.1 Å². The summed E-state index contributed by atoms with van der Waals surface area (Å²) in [6.45, 7) is 1.86. The Balaban J connectivity index is 1.92. The molecule has 1 aliphatic rings. The number of aromatic nitrogens is 1. The minimum Gasteiger partial charge on any atom is -0.489 e. The molecule has 0 unspecified atom stereocenters. The van der Waals surface area contributed by atoms with E-state index >= 15 is 0 Å². The molecule has 9 heteroatoms. The van der Waals surface area contributed by atoms with Gasteiger partial charge in [-0.3, -0.25) is 4.79 Å². The second kappa shape index (κ2) is 5.29. The van der Waals surface area contributed by atoms with Crippen LogP contribution >= 0.6 is 11.6 Å². The number of fused-ring (bicyclic) bond motifs is 1. The molecule has 2 aromatic rings. The Hall–Kier alpha value is -2.06. The van der Waals surface area contributed by atoms with E-state index in [1.165, 1.54) is 12.1 Å². The number of rotatable bonds is 3. The molecule has 1 atom stereocenters. The first-order valence-corrected chi connectivity index (χ1v) is 8.17. The second-order valence-electron chi connectivity index (χ2n) is 4.83. The zero-order chi connectivity index (χ0) is 15.9. The Kier molecular flexibility index (Phi) is 3.57. The third-order valence-electron chi connectivity index (χ3n) is 3.12. The number of nitrogens with zero attached hydrogens (tertiary/aromatic N) is 1. The van der Waals surface area contributed by atoms with Crippen molar-refractivity contribution in [2.75, 3.05) is 0 Å². The van der Waals surface area contributed by atoms with E-state index in [0.29, 0.717) is 17.7 Å². The van der Waals surface area contributed by atoms with Crippen LogP contribution in [0.1, 0.15) is 23.0 Å². The van der Waals surface area contributed by atoms with E-state index in [1.807, 2.05) is 11.6 Å². The maximum Gasteiger partial charge on any atom is 0.286 e. The molecule has 1 aromatic heterocycles. The molecule has 1 amide bonds. The van der Waals surface area contributed by atoms with Crippen molar-refractivity contribution in [3.05, 3.63) is 41.1 Å². The number of carbonyl (C=O) groups excluding carboxylic acids is 1. The number of sulfonamides is 1. The van der Waals surface area contributed by atoms with Gasteiger partial charge in [-0.1, -0.05) is 11.6 Å². The van der Waals surface area contributed by atoms with E-state index in [2.05, 4.69) is 9.40 Å². The van der Waals surface area contributed by atoms with Gasteiger partial charge in [-0.25, -0.2) is 18.1 Å². The van der Waals surface area contributed by atoms with Crippen molar-refractivity contribution >= 4 is 27.5 Å². The number of ether oxygens (including phenoxy) is 1. The Morgan fingerprint density at radius 3 is 2.91 bits per heavy atom. The van der Waals surface area contributed by atoms with Gasteiger partial charge >= 0.3 is 0 Å². The minimum absolute atomic E-state index is 0.0739. The quantitative estimate of drug-likeness (QED) is 0.912. The van der Waals surface area contributed by atoms with Gasteiger partial charge in [-0.15, -0.1) is 0 Å². The molecule has 0 spiro atoms. The first kappa shape index (κ1) is 14.9. The monoisotopic (exact) mass is 342 g/mol.